The van der Waals surface area contributed by atoms with Gasteiger partial charge in [-0.1, -0.05) is 91.0 Å². The molecule has 5 rings (SSSR count). The lowest BCUT2D eigenvalue weighted by Gasteiger charge is -2.38. The fourth-order valence-corrected chi connectivity index (χ4v) is 7.50. The van der Waals surface area contributed by atoms with E-state index >= 15 is 0 Å². The highest BCUT2D eigenvalue weighted by molar-refractivity contribution is 7.92. The fraction of sp³-hybridized carbons (Fsp3) is 0.306. The maximum absolute atomic E-state index is 13.9. The van der Waals surface area contributed by atoms with Crippen molar-refractivity contribution in [2.75, 3.05) is 24.0 Å². The number of aryl methyl sites for hydroxylation is 1. The third-order valence-corrected chi connectivity index (χ3v) is 10.0. The molecule has 1 aliphatic rings. The number of hydrogen-bond acceptors (Lipinski definition) is 5. The van der Waals surface area contributed by atoms with E-state index in [2.05, 4.69) is 36.1 Å². The van der Waals surface area contributed by atoms with Crippen LogP contribution in [0.25, 0.3) is 0 Å². The number of benzene rings is 4. The number of likely N-dealkylation sites (tertiary alicyclic amines) is 1. The second-order valence-electron chi connectivity index (χ2n) is 11.5. The third-order valence-electron chi connectivity index (χ3n) is 8.14. The highest BCUT2D eigenvalue weighted by atomic mass is 32.2. The minimum absolute atomic E-state index is 0.00931. The first-order valence-electron chi connectivity index (χ1n) is 15.2. The van der Waals surface area contributed by atoms with E-state index in [0.29, 0.717) is 31.6 Å². The molecule has 4 aromatic carbocycles. The molecular formula is C36H41N3O4S. The predicted octanol–water partition coefficient (Wildman–Crippen LogP) is 6.88. The number of hydrogen-bond donors (Lipinski definition) is 0. The zero-order valence-corrected chi connectivity index (χ0v) is 26.3. The van der Waals surface area contributed by atoms with Gasteiger partial charge in [0.2, 0.25) is 0 Å². The Kier molecular flexibility index (Phi) is 10.4. The first-order valence-corrected chi connectivity index (χ1v) is 16.6. The highest BCUT2D eigenvalue weighted by Gasteiger charge is 2.35. The summed E-state index contributed by atoms with van der Waals surface area (Å²) in [6.45, 7) is 6.55. The second-order valence-corrected chi connectivity index (χ2v) is 13.3. The summed E-state index contributed by atoms with van der Waals surface area (Å²) in [6.07, 6.45) is 0.666. The Labute approximate surface area is 261 Å². The van der Waals surface area contributed by atoms with E-state index in [9.17, 15) is 13.2 Å². The zero-order chi connectivity index (χ0) is 30.9. The normalized spacial score (nSPS) is 14.8. The quantitative estimate of drug-likeness (QED) is 0.185. The van der Waals surface area contributed by atoms with Crippen LogP contribution in [0.4, 0.5) is 10.5 Å². The largest absolute Gasteiger partial charge is 0.448 e. The van der Waals surface area contributed by atoms with E-state index in [-0.39, 0.29) is 29.7 Å². The molecule has 0 bridgehead atoms. The Balaban J connectivity index is 1.22. The van der Waals surface area contributed by atoms with E-state index in [1.54, 1.807) is 23.1 Å². The molecule has 1 atom stereocenters. The molecule has 0 aliphatic carbocycles. The van der Waals surface area contributed by atoms with E-state index in [0.717, 1.165) is 18.7 Å². The van der Waals surface area contributed by atoms with E-state index in [1.165, 1.54) is 15.4 Å². The summed E-state index contributed by atoms with van der Waals surface area (Å²) < 4.78 is 35.2. The summed E-state index contributed by atoms with van der Waals surface area (Å²) in [5.74, 6) is 0. The zero-order valence-electron chi connectivity index (χ0n) is 25.5. The number of rotatable bonds is 11. The number of amides is 1. The number of ether oxygens (including phenoxy) is 1. The van der Waals surface area contributed by atoms with E-state index in [4.69, 9.17) is 4.74 Å². The van der Waals surface area contributed by atoms with Crippen LogP contribution in [-0.4, -0.2) is 56.1 Å². The van der Waals surface area contributed by atoms with Crippen molar-refractivity contribution in [2.24, 2.45) is 0 Å². The summed E-state index contributed by atoms with van der Waals surface area (Å²) >= 11 is 0. The van der Waals surface area contributed by atoms with Gasteiger partial charge >= 0.3 is 6.09 Å². The SMILES string of the molecule is Cc1cccc(S(=O)(=O)N(c2ccccc2)C2CCN(C(=O)OCC(C)N(Cc3ccccc3)Cc3ccccc3)CC2)c1. The molecule has 0 spiro atoms. The van der Waals surface area contributed by atoms with Crippen LogP contribution in [-0.2, 0) is 27.8 Å². The van der Waals surface area contributed by atoms with Crippen LogP contribution in [0.5, 0.6) is 0 Å². The summed E-state index contributed by atoms with van der Waals surface area (Å²) in [7, 11) is -3.80. The molecule has 7 nitrogen and oxygen atoms in total. The van der Waals surface area contributed by atoms with Crippen molar-refractivity contribution in [1.29, 1.82) is 0 Å². The van der Waals surface area contributed by atoms with Gasteiger partial charge in [0.1, 0.15) is 6.61 Å². The molecule has 8 heteroatoms. The first kappa shape index (κ1) is 31.3. The average molecular weight is 612 g/mol. The Bertz CT molecular complexity index is 1550. The number of piperidine rings is 1. The lowest BCUT2D eigenvalue weighted by molar-refractivity contribution is 0.0592. The maximum atomic E-state index is 13.9. The minimum atomic E-state index is -3.80. The van der Waals surface area contributed by atoms with Gasteiger partial charge in [-0.05, 0) is 67.6 Å². The summed E-state index contributed by atoms with van der Waals surface area (Å²) in [6, 6.07) is 36.6. The van der Waals surface area contributed by atoms with Crippen LogP contribution in [0.2, 0.25) is 0 Å². The standard InChI is InChI=1S/C36H41N3O4S/c1-29-13-12-20-35(25-29)44(41,42)39(33-18-10-5-11-19-33)34-21-23-37(24-22-34)36(40)43-28-30(2)38(26-31-14-6-3-7-15-31)27-32-16-8-4-9-17-32/h3-20,25,30,34H,21-24,26-28H2,1-2H3. The van der Waals surface area contributed by atoms with Gasteiger partial charge in [-0.25, -0.2) is 13.2 Å². The van der Waals surface area contributed by atoms with Crippen LogP contribution >= 0.6 is 0 Å². The van der Waals surface area contributed by atoms with Gasteiger partial charge in [0.25, 0.3) is 10.0 Å². The fourth-order valence-electron chi connectivity index (χ4n) is 5.69. The number of carbonyl (C=O) groups excluding carboxylic acids is 1. The molecule has 1 saturated heterocycles. The van der Waals surface area contributed by atoms with Crippen LogP contribution in [0.15, 0.2) is 120 Å². The van der Waals surface area contributed by atoms with Crippen molar-refractivity contribution >= 4 is 21.8 Å². The molecule has 1 fully saturated rings. The Morgan fingerprint density at radius 2 is 1.36 bits per heavy atom. The van der Waals surface area contributed by atoms with Gasteiger partial charge in [0, 0.05) is 38.3 Å². The van der Waals surface area contributed by atoms with Gasteiger partial charge < -0.3 is 9.64 Å². The predicted molar refractivity (Wildman–Crippen MR) is 175 cm³/mol. The van der Waals surface area contributed by atoms with Crippen molar-refractivity contribution in [1.82, 2.24) is 9.80 Å². The summed E-state index contributed by atoms with van der Waals surface area (Å²) in [5.41, 5.74) is 3.91. The number of para-hydroxylation sites is 1. The number of carbonyl (C=O) groups is 1. The molecule has 0 aromatic heterocycles. The van der Waals surface area contributed by atoms with Gasteiger partial charge in [0.05, 0.1) is 10.6 Å². The van der Waals surface area contributed by atoms with Crippen molar-refractivity contribution in [3.05, 3.63) is 132 Å². The van der Waals surface area contributed by atoms with E-state index in [1.807, 2.05) is 79.7 Å². The topological polar surface area (TPSA) is 70.2 Å². The lowest BCUT2D eigenvalue weighted by atomic mass is 10.0. The Hall–Kier alpha value is -4.14. The third kappa shape index (κ3) is 7.87. The molecule has 1 heterocycles. The molecule has 1 unspecified atom stereocenters. The minimum Gasteiger partial charge on any atom is -0.448 e. The first-order chi connectivity index (χ1) is 21.3. The van der Waals surface area contributed by atoms with Crippen molar-refractivity contribution in [3.63, 3.8) is 0 Å². The van der Waals surface area contributed by atoms with Crippen LogP contribution in [0, 0.1) is 6.92 Å². The highest BCUT2D eigenvalue weighted by Crippen LogP contribution is 2.31. The maximum Gasteiger partial charge on any atom is 0.409 e. The Morgan fingerprint density at radius 1 is 0.818 bits per heavy atom. The molecule has 0 radical (unpaired) electrons. The molecule has 4 aromatic rings. The smallest absolute Gasteiger partial charge is 0.409 e. The molecule has 1 aliphatic heterocycles. The molecular weight excluding hydrogens is 570 g/mol. The Morgan fingerprint density at radius 3 is 1.91 bits per heavy atom. The van der Waals surface area contributed by atoms with E-state index < -0.39 is 10.0 Å². The number of sulfonamides is 1. The average Bonchev–Trinajstić information content (AvgIpc) is 3.05. The molecule has 0 N–H and O–H groups in total. The van der Waals surface area contributed by atoms with Gasteiger partial charge in [-0.3, -0.25) is 9.21 Å². The lowest BCUT2D eigenvalue weighted by Crippen LogP contribution is -2.49. The summed E-state index contributed by atoms with van der Waals surface area (Å²) in [4.78, 5) is 17.5. The van der Waals surface area contributed by atoms with Crippen LogP contribution < -0.4 is 4.31 Å². The van der Waals surface area contributed by atoms with Gasteiger partial charge in [-0.2, -0.15) is 0 Å². The number of nitrogens with zero attached hydrogens (tertiary/aromatic N) is 3. The van der Waals surface area contributed by atoms with Gasteiger partial charge in [-0.15, -0.1) is 0 Å². The van der Waals surface area contributed by atoms with Crippen molar-refractivity contribution < 1.29 is 17.9 Å². The monoisotopic (exact) mass is 611 g/mol. The van der Waals surface area contributed by atoms with Crippen LogP contribution in [0.3, 0.4) is 0 Å². The molecule has 1 amide bonds. The molecule has 230 valence electrons. The molecule has 0 saturated carbocycles. The van der Waals surface area contributed by atoms with Crippen molar-refractivity contribution in [3.8, 4) is 0 Å². The van der Waals surface area contributed by atoms with Crippen molar-refractivity contribution in [2.45, 2.75) is 56.8 Å². The van der Waals surface area contributed by atoms with Gasteiger partial charge in [0.15, 0.2) is 0 Å². The van der Waals surface area contributed by atoms with Crippen LogP contribution in [0.1, 0.15) is 36.5 Å². The number of anilines is 1. The molecule has 44 heavy (non-hydrogen) atoms. The second kappa shape index (κ2) is 14.6. The summed E-state index contributed by atoms with van der Waals surface area (Å²) in [5, 5.41) is 0.